The van der Waals surface area contributed by atoms with Crippen molar-refractivity contribution in [3.8, 4) is 33.4 Å². The minimum atomic E-state index is 0.860. The van der Waals surface area contributed by atoms with Gasteiger partial charge in [0.15, 0.2) is 5.58 Å². The Morgan fingerprint density at radius 2 is 1.00 bits per heavy atom. The molecule has 10 aromatic carbocycles. The highest BCUT2D eigenvalue weighted by molar-refractivity contribution is 7.26. The lowest BCUT2D eigenvalue weighted by Crippen LogP contribution is -2.10. The molecule has 0 amide bonds. The lowest BCUT2D eigenvalue weighted by Gasteiger charge is -2.27. The van der Waals surface area contributed by atoms with Gasteiger partial charge < -0.3 is 9.32 Å². The van der Waals surface area contributed by atoms with Gasteiger partial charge in [0.2, 0.25) is 0 Å². The van der Waals surface area contributed by atoms with E-state index in [1.807, 2.05) is 11.3 Å². The number of hydrogen-bond acceptors (Lipinski definition) is 3. The molecule has 0 fully saturated rings. The van der Waals surface area contributed by atoms with Crippen LogP contribution in [0.4, 0.5) is 17.1 Å². The SMILES string of the molecule is c1ccc(-c2ccc3c(c2)oc2c(N(c4ccc(-c5ccc6c(ccc7ccccc76)c5)cc4)c4ccc(-c5ccccc5)c5sc6ccccc6c45)cccc23)cc1. The van der Waals surface area contributed by atoms with E-state index < -0.39 is 0 Å². The van der Waals surface area contributed by atoms with Crippen molar-refractivity contribution in [1.82, 2.24) is 0 Å². The van der Waals surface area contributed by atoms with Crippen LogP contribution in [0.5, 0.6) is 0 Å². The highest BCUT2D eigenvalue weighted by atomic mass is 32.1. The summed E-state index contributed by atoms with van der Waals surface area (Å²) in [7, 11) is 0. The van der Waals surface area contributed by atoms with E-state index in [2.05, 4.69) is 217 Å². The Kier molecular flexibility index (Phi) is 7.75. The molecule has 0 aliphatic carbocycles. The highest BCUT2D eigenvalue weighted by Gasteiger charge is 2.24. The van der Waals surface area contributed by atoms with Crippen molar-refractivity contribution in [3.63, 3.8) is 0 Å². The van der Waals surface area contributed by atoms with Gasteiger partial charge in [-0.3, -0.25) is 0 Å². The molecule has 0 bridgehead atoms. The Hall–Kier alpha value is -7.46. The predicted molar refractivity (Wildman–Crippen MR) is 253 cm³/mol. The first-order valence-electron chi connectivity index (χ1n) is 20.1. The van der Waals surface area contributed by atoms with Gasteiger partial charge in [0.1, 0.15) is 5.58 Å². The Bertz CT molecular complexity index is 3550. The Balaban J connectivity index is 1.07. The summed E-state index contributed by atoms with van der Waals surface area (Å²) in [4.78, 5) is 2.41. The Morgan fingerprint density at radius 1 is 0.373 bits per heavy atom. The van der Waals surface area contributed by atoms with E-state index in [1.165, 1.54) is 69.5 Å². The molecule has 0 saturated carbocycles. The highest BCUT2D eigenvalue weighted by Crippen LogP contribution is 2.50. The molecule has 0 aliphatic heterocycles. The third-order valence-corrected chi connectivity index (χ3v) is 13.1. The molecule has 0 atom stereocenters. The number of nitrogens with zero attached hydrogens (tertiary/aromatic N) is 1. The zero-order chi connectivity index (χ0) is 38.9. The number of thiophene rings is 1. The quantitative estimate of drug-likeness (QED) is 0.157. The standard InChI is InChI=1S/C56H35NOS/c1-3-12-36(13-4-1)41-27-31-47-48-19-11-20-51(55(48)58-52(47)35-41)57(50-33-32-46(38-14-5-2-6-15-38)56-54(50)49-18-9-10-21-53(49)59-56)43-28-24-37(25-29-43)40-26-30-45-42(34-40)23-22-39-16-7-8-17-44(39)45/h1-35H. The summed E-state index contributed by atoms with van der Waals surface area (Å²) in [5, 5.41) is 9.73. The maximum absolute atomic E-state index is 6.97. The summed E-state index contributed by atoms with van der Waals surface area (Å²) in [5.41, 5.74) is 12.0. The first-order chi connectivity index (χ1) is 29.2. The van der Waals surface area contributed by atoms with Crippen molar-refractivity contribution in [2.75, 3.05) is 4.90 Å². The molecular weight excluding hydrogens is 735 g/mol. The fourth-order valence-corrected chi connectivity index (χ4v) is 10.3. The van der Waals surface area contributed by atoms with Gasteiger partial charge in [-0.1, -0.05) is 164 Å². The van der Waals surface area contributed by atoms with Crippen LogP contribution in [-0.2, 0) is 0 Å². The van der Waals surface area contributed by atoms with Crippen LogP contribution in [0.3, 0.4) is 0 Å². The molecule has 2 nitrogen and oxygen atoms in total. The fraction of sp³-hybridized carbons (Fsp3) is 0. The summed E-state index contributed by atoms with van der Waals surface area (Å²) in [6, 6.07) is 76.8. The Labute approximate surface area is 345 Å². The van der Waals surface area contributed by atoms with Crippen molar-refractivity contribution in [2.24, 2.45) is 0 Å². The van der Waals surface area contributed by atoms with E-state index >= 15 is 0 Å². The smallest absolute Gasteiger partial charge is 0.159 e. The maximum atomic E-state index is 6.97. The average Bonchev–Trinajstić information content (AvgIpc) is 3.89. The number of benzene rings is 10. The summed E-state index contributed by atoms with van der Waals surface area (Å²) in [5.74, 6) is 0. The molecule has 59 heavy (non-hydrogen) atoms. The summed E-state index contributed by atoms with van der Waals surface area (Å²) in [6.07, 6.45) is 0. The van der Waals surface area contributed by atoms with E-state index in [0.29, 0.717) is 0 Å². The van der Waals surface area contributed by atoms with Crippen LogP contribution < -0.4 is 4.90 Å². The lowest BCUT2D eigenvalue weighted by molar-refractivity contribution is 0.669. The van der Waals surface area contributed by atoms with E-state index in [-0.39, 0.29) is 0 Å². The zero-order valence-electron chi connectivity index (χ0n) is 32.0. The second kappa shape index (κ2) is 13.6. The van der Waals surface area contributed by atoms with Crippen molar-refractivity contribution >= 4 is 92.1 Å². The van der Waals surface area contributed by atoms with Crippen LogP contribution in [0.1, 0.15) is 0 Å². The van der Waals surface area contributed by atoms with Crippen LogP contribution in [0, 0.1) is 0 Å². The van der Waals surface area contributed by atoms with Crippen LogP contribution in [0.15, 0.2) is 217 Å². The van der Waals surface area contributed by atoms with E-state index in [4.69, 9.17) is 4.42 Å². The van der Waals surface area contributed by atoms with E-state index in [1.54, 1.807) is 0 Å². The van der Waals surface area contributed by atoms with Gasteiger partial charge in [0.05, 0.1) is 11.4 Å². The number of anilines is 3. The van der Waals surface area contributed by atoms with Gasteiger partial charge >= 0.3 is 0 Å². The van der Waals surface area contributed by atoms with Crippen molar-refractivity contribution in [3.05, 3.63) is 212 Å². The van der Waals surface area contributed by atoms with Crippen LogP contribution >= 0.6 is 11.3 Å². The second-order valence-corrected chi connectivity index (χ2v) is 16.3. The van der Waals surface area contributed by atoms with Crippen LogP contribution in [0.25, 0.3) is 97.0 Å². The molecule has 0 saturated heterocycles. The van der Waals surface area contributed by atoms with Gasteiger partial charge in [-0.2, -0.15) is 0 Å². The van der Waals surface area contributed by atoms with Crippen LogP contribution in [-0.4, -0.2) is 0 Å². The Morgan fingerprint density at radius 3 is 1.83 bits per heavy atom. The molecular formula is C56H35NOS. The van der Waals surface area contributed by atoms with E-state index in [0.717, 1.165) is 44.6 Å². The molecule has 276 valence electrons. The van der Waals surface area contributed by atoms with Crippen molar-refractivity contribution < 1.29 is 4.42 Å². The number of rotatable bonds is 6. The third kappa shape index (κ3) is 5.55. The molecule has 2 heterocycles. The van der Waals surface area contributed by atoms with E-state index in [9.17, 15) is 0 Å². The van der Waals surface area contributed by atoms with Crippen LogP contribution in [0.2, 0.25) is 0 Å². The molecule has 0 N–H and O–H groups in total. The minimum absolute atomic E-state index is 0.860. The van der Waals surface area contributed by atoms with Crippen molar-refractivity contribution in [1.29, 1.82) is 0 Å². The largest absolute Gasteiger partial charge is 0.454 e. The number of para-hydroxylation sites is 1. The maximum Gasteiger partial charge on any atom is 0.159 e. The topological polar surface area (TPSA) is 16.4 Å². The minimum Gasteiger partial charge on any atom is -0.454 e. The normalized spacial score (nSPS) is 11.7. The lowest BCUT2D eigenvalue weighted by atomic mass is 9.97. The molecule has 0 aliphatic rings. The third-order valence-electron chi connectivity index (χ3n) is 11.9. The molecule has 12 aromatic rings. The first kappa shape index (κ1) is 33.7. The molecule has 2 aromatic heterocycles. The molecule has 3 heteroatoms. The molecule has 12 rings (SSSR count). The first-order valence-corrected chi connectivity index (χ1v) is 20.9. The van der Waals surface area contributed by atoms with Gasteiger partial charge in [-0.05, 0) is 103 Å². The fourth-order valence-electron chi connectivity index (χ4n) is 9.02. The monoisotopic (exact) mass is 769 g/mol. The summed E-state index contributed by atoms with van der Waals surface area (Å²) < 4.78 is 9.50. The number of furan rings is 1. The summed E-state index contributed by atoms with van der Waals surface area (Å²) in [6.45, 7) is 0. The molecule has 0 spiro atoms. The predicted octanol–water partition coefficient (Wildman–Crippen LogP) is 16.7. The van der Waals surface area contributed by atoms with Crippen molar-refractivity contribution in [2.45, 2.75) is 0 Å². The second-order valence-electron chi connectivity index (χ2n) is 15.2. The molecule has 0 radical (unpaired) electrons. The number of hydrogen-bond donors (Lipinski definition) is 0. The number of fused-ring (bicyclic) bond motifs is 9. The van der Waals surface area contributed by atoms with Gasteiger partial charge in [-0.25, -0.2) is 0 Å². The van der Waals surface area contributed by atoms with Gasteiger partial charge in [-0.15, -0.1) is 11.3 Å². The summed E-state index contributed by atoms with van der Waals surface area (Å²) >= 11 is 1.86. The zero-order valence-corrected chi connectivity index (χ0v) is 32.8. The molecule has 0 unspecified atom stereocenters. The van der Waals surface area contributed by atoms with Gasteiger partial charge in [0, 0.05) is 36.6 Å². The average molecular weight is 770 g/mol. The van der Waals surface area contributed by atoms with Gasteiger partial charge in [0.25, 0.3) is 0 Å².